The van der Waals surface area contributed by atoms with Gasteiger partial charge in [-0.25, -0.2) is 4.98 Å². The number of aromatic nitrogens is 1. The molecule has 2 N–H and O–H groups in total. The highest BCUT2D eigenvalue weighted by molar-refractivity contribution is 7.13. The van der Waals surface area contributed by atoms with Crippen molar-refractivity contribution in [1.82, 2.24) is 20.5 Å². The first-order chi connectivity index (χ1) is 15.7. The highest BCUT2D eigenvalue weighted by Crippen LogP contribution is 2.28. The molecule has 2 unspecified atom stereocenters. The fourth-order valence-electron chi connectivity index (χ4n) is 4.10. The van der Waals surface area contributed by atoms with Gasteiger partial charge in [0, 0.05) is 13.1 Å². The maximum absolute atomic E-state index is 13.2. The molecule has 33 heavy (non-hydrogen) atoms. The molecule has 2 heterocycles. The van der Waals surface area contributed by atoms with Crippen LogP contribution >= 0.6 is 11.3 Å². The molecule has 1 aliphatic heterocycles. The van der Waals surface area contributed by atoms with Crippen LogP contribution in [0.2, 0.25) is 0 Å². The topological polar surface area (TPSA) is 74.3 Å². The first-order valence-corrected chi connectivity index (χ1v) is 12.9. The van der Waals surface area contributed by atoms with Crippen molar-refractivity contribution < 1.29 is 9.59 Å². The first-order valence-electron chi connectivity index (χ1n) is 12.0. The fraction of sp³-hybridized carbons (Fsp3) is 0.577. The van der Waals surface area contributed by atoms with E-state index in [0.29, 0.717) is 19.5 Å². The number of nitrogens with one attached hydrogen (secondary N) is 2. The highest BCUT2D eigenvalue weighted by Gasteiger charge is 2.40. The summed E-state index contributed by atoms with van der Waals surface area (Å²) in [5.41, 5.74) is 4.85. The summed E-state index contributed by atoms with van der Waals surface area (Å²) < 4.78 is 0. The van der Waals surface area contributed by atoms with Gasteiger partial charge in [0.1, 0.15) is 6.04 Å². The van der Waals surface area contributed by atoms with Crippen molar-refractivity contribution in [2.24, 2.45) is 5.41 Å². The van der Waals surface area contributed by atoms with Crippen LogP contribution in [0.4, 0.5) is 0 Å². The molecule has 7 heteroatoms. The number of carbonyl (C=O) groups is 2. The number of aryl methyl sites for hydroxylation is 1. The van der Waals surface area contributed by atoms with E-state index in [0.717, 1.165) is 29.8 Å². The zero-order chi connectivity index (χ0) is 24.6. The molecule has 1 aromatic carbocycles. The maximum atomic E-state index is 13.2. The second-order valence-electron chi connectivity index (χ2n) is 9.23. The molecule has 182 valence electrons. The number of amides is 2. The van der Waals surface area contributed by atoms with Crippen molar-refractivity contribution in [2.75, 3.05) is 13.1 Å². The Morgan fingerprint density at radius 1 is 1.21 bits per heavy atom. The minimum atomic E-state index is -0.393. The largest absolute Gasteiger partial charge is 0.350 e. The second-order valence-corrected chi connectivity index (χ2v) is 10.1. The molecular formula is C26H40N4O2S. The summed E-state index contributed by atoms with van der Waals surface area (Å²) in [5.74, 6) is -0.0475. The summed E-state index contributed by atoms with van der Waals surface area (Å²) in [5, 5.41) is 6.35. The summed E-state index contributed by atoms with van der Waals surface area (Å²) >= 11 is 1.63. The van der Waals surface area contributed by atoms with Crippen LogP contribution < -0.4 is 10.6 Å². The van der Waals surface area contributed by atoms with E-state index in [-0.39, 0.29) is 23.3 Å². The Balaban J connectivity index is 0.00000187. The Bertz CT molecular complexity index is 902. The quantitative estimate of drug-likeness (QED) is 0.608. The molecule has 0 saturated carbocycles. The third-order valence-corrected chi connectivity index (χ3v) is 6.77. The predicted molar refractivity (Wildman–Crippen MR) is 137 cm³/mol. The molecule has 1 saturated heterocycles. The standard InChI is InChI=1S/C24H34N4O2S.C2H6/c1-6-25-21(24(3,4)5)23(30)28-13-7-8-19(28)22(29)26-14-17-9-11-18(12-10-17)20-16(2)27-15-31-20;1-2/h9-12,15,19,21,25H,6-8,13-14H2,1-5H3,(H,26,29);1-2H3. The van der Waals surface area contributed by atoms with Crippen LogP contribution in [0.1, 0.15) is 65.6 Å². The molecule has 1 aromatic heterocycles. The summed E-state index contributed by atoms with van der Waals surface area (Å²) in [6.45, 7) is 16.0. The smallest absolute Gasteiger partial charge is 0.243 e. The number of likely N-dealkylation sites (N-methyl/N-ethyl adjacent to an activating group) is 1. The average Bonchev–Trinajstić information content (AvgIpc) is 3.45. The van der Waals surface area contributed by atoms with E-state index in [4.69, 9.17) is 0 Å². The number of carbonyl (C=O) groups excluding carboxylic acids is 2. The number of benzene rings is 1. The van der Waals surface area contributed by atoms with Gasteiger partial charge in [-0.2, -0.15) is 0 Å². The Morgan fingerprint density at radius 2 is 1.88 bits per heavy atom. The van der Waals surface area contributed by atoms with E-state index in [1.807, 2.05) is 45.3 Å². The summed E-state index contributed by atoms with van der Waals surface area (Å²) in [4.78, 5) is 33.4. The van der Waals surface area contributed by atoms with Crippen molar-refractivity contribution in [3.05, 3.63) is 41.0 Å². The van der Waals surface area contributed by atoms with E-state index in [2.05, 4.69) is 48.5 Å². The molecule has 3 rings (SSSR count). The van der Waals surface area contributed by atoms with Gasteiger partial charge < -0.3 is 15.5 Å². The highest BCUT2D eigenvalue weighted by atomic mass is 32.1. The van der Waals surface area contributed by atoms with Crippen molar-refractivity contribution in [2.45, 2.75) is 79.9 Å². The lowest BCUT2D eigenvalue weighted by atomic mass is 9.85. The van der Waals surface area contributed by atoms with Crippen molar-refractivity contribution in [1.29, 1.82) is 0 Å². The van der Waals surface area contributed by atoms with Gasteiger partial charge in [0.15, 0.2) is 0 Å². The Labute approximate surface area is 203 Å². The normalized spacial score (nSPS) is 16.7. The van der Waals surface area contributed by atoms with Crippen LogP contribution in [-0.2, 0) is 16.1 Å². The number of hydrogen-bond acceptors (Lipinski definition) is 5. The zero-order valence-electron chi connectivity index (χ0n) is 21.2. The van der Waals surface area contributed by atoms with Gasteiger partial charge in [0.05, 0.1) is 22.1 Å². The van der Waals surface area contributed by atoms with E-state index < -0.39 is 6.04 Å². The molecule has 0 bridgehead atoms. The lowest BCUT2D eigenvalue weighted by Gasteiger charge is -2.35. The summed E-state index contributed by atoms with van der Waals surface area (Å²) in [6, 6.07) is 7.51. The second kappa shape index (κ2) is 12.3. The third kappa shape index (κ3) is 6.87. The van der Waals surface area contributed by atoms with Gasteiger partial charge in [-0.1, -0.05) is 65.8 Å². The molecule has 1 fully saturated rings. The van der Waals surface area contributed by atoms with Gasteiger partial charge in [-0.05, 0) is 42.9 Å². The number of thiazole rings is 1. The van der Waals surface area contributed by atoms with Crippen LogP contribution in [0.15, 0.2) is 29.8 Å². The summed E-state index contributed by atoms with van der Waals surface area (Å²) in [6.07, 6.45) is 1.57. The molecule has 2 aromatic rings. The third-order valence-electron chi connectivity index (χ3n) is 5.79. The van der Waals surface area contributed by atoms with Crippen LogP contribution in [0.3, 0.4) is 0 Å². The van der Waals surface area contributed by atoms with E-state index in [1.165, 1.54) is 4.88 Å². The molecule has 0 spiro atoms. The number of hydrogen-bond donors (Lipinski definition) is 2. The molecule has 6 nitrogen and oxygen atoms in total. The van der Waals surface area contributed by atoms with Gasteiger partial charge in [0.25, 0.3) is 0 Å². The van der Waals surface area contributed by atoms with Crippen LogP contribution in [-0.4, -0.2) is 46.9 Å². The Morgan fingerprint density at radius 3 is 2.42 bits per heavy atom. The van der Waals surface area contributed by atoms with Crippen LogP contribution in [0.25, 0.3) is 10.4 Å². The molecule has 0 aliphatic carbocycles. The fourth-order valence-corrected chi connectivity index (χ4v) is 4.91. The van der Waals surface area contributed by atoms with Gasteiger partial charge in [0.2, 0.25) is 11.8 Å². The minimum absolute atomic E-state index is 0.0243. The predicted octanol–water partition coefficient (Wildman–Crippen LogP) is 4.78. The van der Waals surface area contributed by atoms with Gasteiger partial charge in [-0.3, -0.25) is 9.59 Å². The van der Waals surface area contributed by atoms with E-state index in [9.17, 15) is 9.59 Å². The van der Waals surface area contributed by atoms with Crippen molar-refractivity contribution >= 4 is 23.2 Å². The Kier molecular flexibility index (Phi) is 10.0. The lowest BCUT2D eigenvalue weighted by Crippen LogP contribution is -2.56. The van der Waals surface area contributed by atoms with E-state index in [1.54, 1.807) is 16.2 Å². The number of nitrogens with zero attached hydrogens (tertiary/aromatic N) is 2. The average molecular weight is 473 g/mol. The summed E-state index contributed by atoms with van der Waals surface area (Å²) in [7, 11) is 0. The molecule has 1 aliphatic rings. The SMILES string of the molecule is CC.CCNC(C(=O)N1CCCC1C(=O)NCc1ccc(-c2scnc2C)cc1)C(C)(C)C. The minimum Gasteiger partial charge on any atom is -0.350 e. The molecule has 2 amide bonds. The monoisotopic (exact) mass is 472 g/mol. The number of rotatable bonds is 7. The maximum Gasteiger partial charge on any atom is 0.243 e. The van der Waals surface area contributed by atoms with Crippen LogP contribution in [0, 0.1) is 12.3 Å². The van der Waals surface area contributed by atoms with Gasteiger partial charge >= 0.3 is 0 Å². The molecule has 0 radical (unpaired) electrons. The first kappa shape index (κ1) is 27.0. The van der Waals surface area contributed by atoms with Gasteiger partial charge in [-0.15, -0.1) is 11.3 Å². The lowest BCUT2D eigenvalue weighted by molar-refractivity contribution is -0.142. The zero-order valence-corrected chi connectivity index (χ0v) is 22.0. The van der Waals surface area contributed by atoms with Crippen molar-refractivity contribution in [3.63, 3.8) is 0 Å². The molecular weight excluding hydrogens is 432 g/mol. The van der Waals surface area contributed by atoms with E-state index >= 15 is 0 Å². The molecule has 2 atom stereocenters. The van der Waals surface area contributed by atoms with Crippen molar-refractivity contribution in [3.8, 4) is 10.4 Å². The van der Waals surface area contributed by atoms with Crippen LogP contribution in [0.5, 0.6) is 0 Å². The Hall–Kier alpha value is -2.25. The number of likely N-dealkylation sites (tertiary alicyclic amines) is 1.